The molecular formula is C21H23NO2S. The Balaban J connectivity index is 1.52. The molecule has 0 N–H and O–H groups in total. The number of benzene rings is 2. The Labute approximate surface area is 153 Å². The standard InChI is InChI=1S/C21H23NO2S/c1-16(23)25-15-18-13-21(24)22(14-18)12-11-17-7-9-20(10-8-17)19-5-3-2-4-6-19/h2-10,18H,11-15H2,1H3. The predicted molar refractivity (Wildman–Crippen MR) is 103 cm³/mol. The number of carbonyl (C=O) groups excluding carboxylic acids is 2. The van der Waals surface area contributed by atoms with Gasteiger partial charge in [0.2, 0.25) is 5.91 Å². The lowest BCUT2D eigenvalue weighted by Gasteiger charge is -2.16. The third-order valence-electron chi connectivity index (χ3n) is 4.55. The summed E-state index contributed by atoms with van der Waals surface area (Å²) in [6, 6.07) is 18.9. The van der Waals surface area contributed by atoms with Crippen LogP contribution in [-0.2, 0) is 16.0 Å². The van der Waals surface area contributed by atoms with Gasteiger partial charge >= 0.3 is 0 Å². The number of hydrogen-bond acceptors (Lipinski definition) is 3. The van der Waals surface area contributed by atoms with Gasteiger partial charge in [-0.15, -0.1) is 0 Å². The molecular weight excluding hydrogens is 330 g/mol. The number of nitrogens with zero attached hydrogens (tertiary/aromatic N) is 1. The first-order chi connectivity index (χ1) is 12.1. The zero-order valence-electron chi connectivity index (χ0n) is 14.5. The van der Waals surface area contributed by atoms with E-state index in [-0.39, 0.29) is 11.0 Å². The number of rotatable bonds is 6. The Bertz CT molecular complexity index is 727. The highest BCUT2D eigenvalue weighted by Crippen LogP contribution is 2.23. The molecule has 1 unspecified atom stereocenters. The third kappa shape index (κ3) is 4.95. The molecule has 4 heteroatoms. The average Bonchev–Trinajstić information content (AvgIpc) is 2.99. The molecule has 0 spiro atoms. The molecule has 0 bridgehead atoms. The Morgan fingerprint density at radius 3 is 2.44 bits per heavy atom. The van der Waals surface area contributed by atoms with Crippen LogP contribution in [-0.4, -0.2) is 34.8 Å². The first-order valence-electron chi connectivity index (χ1n) is 8.67. The minimum Gasteiger partial charge on any atom is -0.342 e. The lowest BCUT2D eigenvalue weighted by Crippen LogP contribution is -2.27. The lowest BCUT2D eigenvalue weighted by atomic mass is 10.0. The van der Waals surface area contributed by atoms with Crippen molar-refractivity contribution >= 4 is 22.8 Å². The van der Waals surface area contributed by atoms with Crippen LogP contribution in [0, 0.1) is 5.92 Å². The maximum atomic E-state index is 12.1. The zero-order chi connectivity index (χ0) is 17.6. The van der Waals surface area contributed by atoms with E-state index in [2.05, 4.69) is 36.4 Å². The molecule has 2 aromatic rings. The van der Waals surface area contributed by atoms with E-state index in [0.29, 0.717) is 12.3 Å². The topological polar surface area (TPSA) is 37.4 Å². The van der Waals surface area contributed by atoms with Gasteiger partial charge in [-0.1, -0.05) is 66.4 Å². The minimum atomic E-state index is 0.129. The van der Waals surface area contributed by atoms with Gasteiger partial charge in [-0.05, 0) is 29.0 Å². The van der Waals surface area contributed by atoms with Crippen LogP contribution in [0.4, 0.5) is 0 Å². The van der Waals surface area contributed by atoms with Gasteiger partial charge in [0.1, 0.15) is 0 Å². The fraction of sp³-hybridized carbons (Fsp3) is 0.333. The fourth-order valence-electron chi connectivity index (χ4n) is 3.18. The smallest absolute Gasteiger partial charge is 0.222 e. The largest absolute Gasteiger partial charge is 0.342 e. The zero-order valence-corrected chi connectivity index (χ0v) is 15.3. The van der Waals surface area contributed by atoms with Crippen LogP contribution in [0.25, 0.3) is 11.1 Å². The Hall–Kier alpha value is -2.07. The first-order valence-corrected chi connectivity index (χ1v) is 9.66. The van der Waals surface area contributed by atoms with Crippen molar-refractivity contribution in [2.45, 2.75) is 19.8 Å². The molecule has 1 aliphatic heterocycles. The molecule has 0 aromatic heterocycles. The van der Waals surface area contributed by atoms with Gasteiger partial charge in [0.05, 0.1) is 0 Å². The number of carbonyl (C=O) groups is 2. The van der Waals surface area contributed by atoms with E-state index in [0.717, 1.165) is 25.3 Å². The molecule has 3 rings (SSSR count). The molecule has 3 nitrogen and oxygen atoms in total. The monoisotopic (exact) mass is 353 g/mol. The Kier molecular flexibility index (Phi) is 5.92. The molecule has 0 radical (unpaired) electrons. The highest BCUT2D eigenvalue weighted by Gasteiger charge is 2.29. The van der Waals surface area contributed by atoms with Crippen LogP contribution in [0.3, 0.4) is 0 Å². The van der Waals surface area contributed by atoms with E-state index in [1.54, 1.807) is 6.92 Å². The third-order valence-corrected chi connectivity index (χ3v) is 5.59. The molecule has 0 saturated carbocycles. The molecule has 1 atom stereocenters. The van der Waals surface area contributed by atoms with Crippen molar-refractivity contribution in [3.8, 4) is 11.1 Å². The lowest BCUT2D eigenvalue weighted by molar-refractivity contribution is -0.127. The van der Waals surface area contributed by atoms with Gasteiger partial charge in [0.25, 0.3) is 0 Å². The van der Waals surface area contributed by atoms with Crippen molar-refractivity contribution in [1.82, 2.24) is 4.90 Å². The van der Waals surface area contributed by atoms with E-state index in [1.807, 2.05) is 23.1 Å². The first kappa shape index (κ1) is 17.7. The maximum absolute atomic E-state index is 12.1. The van der Waals surface area contributed by atoms with Crippen molar-refractivity contribution in [2.75, 3.05) is 18.8 Å². The summed E-state index contributed by atoms with van der Waals surface area (Å²) in [6.07, 6.45) is 1.45. The van der Waals surface area contributed by atoms with E-state index in [9.17, 15) is 9.59 Å². The number of amides is 1. The summed E-state index contributed by atoms with van der Waals surface area (Å²) < 4.78 is 0. The second kappa shape index (κ2) is 8.34. The molecule has 1 fully saturated rings. The van der Waals surface area contributed by atoms with Gasteiger partial charge in [0, 0.05) is 32.2 Å². The van der Waals surface area contributed by atoms with Crippen LogP contribution in [0.5, 0.6) is 0 Å². The molecule has 0 aliphatic carbocycles. The quantitative estimate of drug-likeness (QED) is 0.787. The highest BCUT2D eigenvalue weighted by atomic mass is 32.2. The second-order valence-electron chi connectivity index (χ2n) is 6.53. The van der Waals surface area contributed by atoms with Crippen molar-refractivity contribution in [3.05, 3.63) is 60.2 Å². The van der Waals surface area contributed by atoms with E-state index >= 15 is 0 Å². The SMILES string of the molecule is CC(=O)SCC1CC(=O)N(CCc2ccc(-c3ccccc3)cc2)C1. The molecule has 2 aromatic carbocycles. The number of likely N-dealkylation sites (tertiary alicyclic amines) is 1. The summed E-state index contributed by atoms with van der Waals surface area (Å²) in [5.41, 5.74) is 3.67. The average molecular weight is 353 g/mol. The van der Waals surface area contributed by atoms with E-state index in [4.69, 9.17) is 0 Å². The van der Waals surface area contributed by atoms with Gasteiger partial charge in [-0.3, -0.25) is 9.59 Å². The van der Waals surface area contributed by atoms with Crippen molar-refractivity contribution in [1.29, 1.82) is 0 Å². The fourth-order valence-corrected chi connectivity index (χ4v) is 3.87. The summed E-state index contributed by atoms with van der Waals surface area (Å²) >= 11 is 1.33. The van der Waals surface area contributed by atoms with Crippen LogP contribution in [0.1, 0.15) is 18.9 Å². The van der Waals surface area contributed by atoms with Gasteiger partial charge in [-0.2, -0.15) is 0 Å². The Morgan fingerprint density at radius 1 is 1.08 bits per heavy atom. The van der Waals surface area contributed by atoms with Crippen LogP contribution < -0.4 is 0 Å². The number of hydrogen-bond donors (Lipinski definition) is 0. The van der Waals surface area contributed by atoms with E-state index < -0.39 is 0 Å². The molecule has 1 aliphatic rings. The molecule has 130 valence electrons. The normalized spacial score (nSPS) is 17.1. The maximum Gasteiger partial charge on any atom is 0.222 e. The molecule has 1 saturated heterocycles. The van der Waals surface area contributed by atoms with Crippen LogP contribution >= 0.6 is 11.8 Å². The summed E-state index contributed by atoms with van der Waals surface area (Å²) in [6.45, 7) is 3.12. The number of thioether (sulfide) groups is 1. The van der Waals surface area contributed by atoms with E-state index in [1.165, 1.54) is 28.5 Å². The Morgan fingerprint density at radius 2 is 1.76 bits per heavy atom. The van der Waals surface area contributed by atoms with Crippen LogP contribution in [0.2, 0.25) is 0 Å². The molecule has 25 heavy (non-hydrogen) atoms. The van der Waals surface area contributed by atoms with Crippen molar-refractivity contribution in [3.63, 3.8) is 0 Å². The second-order valence-corrected chi connectivity index (χ2v) is 7.72. The molecule has 1 amide bonds. The molecule has 1 heterocycles. The summed E-state index contributed by atoms with van der Waals surface area (Å²) in [4.78, 5) is 25.1. The van der Waals surface area contributed by atoms with Gasteiger partial charge in [0.15, 0.2) is 5.12 Å². The summed E-state index contributed by atoms with van der Waals surface area (Å²) in [5.74, 6) is 1.28. The van der Waals surface area contributed by atoms with Crippen molar-refractivity contribution < 1.29 is 9.59 Å². The summed E-state index contributed by atoms with van der Waals surface area (Å²) in [7, 11) is 0. The van der Waals surface area contributed by atoms with Gasteiger partial charge < -0.3 is 4.90 Å². The highest BCUT2D eigenvalue weighted by molar-refractivity contribution is 8.13. The van der Waals surface area contributed by atoms with Crippen LogP contribution in [0.15, 0.2) is 54.6 Å². The van der Waals surface area contributed by atoms with Gasteiger partial charge in [-0.25, -0.2) is 0 Å². The predicted octanol–water partition coefficient (Wildman–Crippen LogP) is 4.02. The van der Waals surface area contributed by atoms with Crippen molar-refractivity contribution in [2.24, 2.45) is 5.92 Å². The summed E-state index contributed by atoms with van der Waals surface area (Å²) in [5, 5.41) is 0.129. The minimum absolute atomic E-state index is 0.129.